The molecular formula is C21H23N5OS. The summed E-state index contributed by atoms with van der Waals surface area (Å²) in [6.07, 6.45) is 1.02. The fraction of sp³-hybridized carbons (Fsp3) is 0.286. The van der Waals surface area contributed by atoms with Crippen molar-refractivity contribution in [3.8, 4) is 0 Å². The first-order chi connectivity index (χ1) is 13.6. The topological polar surface area (TPSA) is 75.1 Å². The summed E-state index contributed by atoms with van der Waals surface area (Å²) in [5, 5.41) is 10.8. The number of H-pyrrole nitrogens is 1. The zero-order valence-electron chi connectivity index (χ0n) is 16.1. The molecule has 7 heteroatoms. The molecule has 2 aromatic heterocycles. The maximum Gasteiger partial charge on any atom is 0.237 e. The van der Waals surface area contributed by atoms with Gasteiger partial charge in [0.25, 0.3) is 0 Å². The lowest BCUT2D eigenvalue weighted by Crippen LogP contribution is -2.23. The number of hydrogen-bond acceptors (Lipinski definition) is 4. The SMILES string of the molecule is CCC(C)c1ccccc1NC(=O)C(C)Sc1n[nH]c2nc3ccccc3n12. The Hall–Kier alpha value is -2.80. The van der Waals surface area contributed by atoms with E-state index in [1.165, 1.54) is 17.3 Å². The molecule has 0 spiro atoms. The number of carbonyl (C=O) groups is 1. The van der Waals surface area contributed by atoms with Gasteiger partial charge in [-0.05, 0) is 43.0 Å². The van der Waals surface area contributed by atoms with Crippen LogP contribution in [0, 0.1) is 0 Å². The Morgan fingerprint density at radius 3 is 2.75 bits per heavy atom. The summed E-state index contributed by atoms with van der Waals surface area (Å²) >= 11 is 1.42. The van der Waals surface area contributed by atoms with Crippen LogP contribution in [0.3, 0.4) is 0 Å². The third-order valence-electron chi connectivity index (χ3n) is 5.02. The highest BCUT2D eigenvalue weighted by Gasteiger charge is 2.21. The molecule has 2 unspecified atom stereocenters. The van der Waals surface area contributed by atoms with Crippen molar-refractivity contribution in [2.75, 3.05) is 5.32 Å². The number of imidazole rings is 1. The molecule has 0 aliphatic carbocycles. The van der Waals surface area contributed by atoms with Gasteiger partial charge in [-0.15, -0.1) is 5.10 Å². The number of para-hydroxylation sites is 3. The normalized spacial score (nSPS) is 13.7. The van der Waals surface area contributed by atoms with Crippen molar-refractivity contribution in [1.82, 2.24) is 19.6 Å². The second-order valence-corrected chi connectivity index (χ2v) is 8.22. The third kappa shape index (κ3) is 3.38. The molecular weight excluding hydrogens is 370 g/mol. The number of benzene rings is 2. The van der Waals surface area contributed by atoms with Crippen molar-refractivity contribution in [2.45, 2.75) is 43.5 Å². The first kappa shape index (κ1) is 18.6. The second kappa shape index (κ2) is 7.67. The Kier molecular flexibility index (Phi) is 5.09. The number of fused-ring (bicyclic) bond motifs is 3. The van der Waals surface area contributed by atoms with Crippen LogP contribution in [-0.2, 0) is 4.79 Å². The quantitative estimate of drug-likeness (QED) is 0.460. The highest BCUT2D eigenvalue weighted by atomic mass is 32.2. The molecule has 2 N–H and O–H groups in total. The van der Waals surface area contributed by atoms with E-state index in [-0.39, 0.29) is 11.2 Å². The standard InChI is InChI=1S/C21H23N5OS/c1-4-13(2)15-9-5-6-10-16(15)22-19(27)14(3)28-21-25-24-20-23-17-11-7-8-12-18(17)26(20)21/h5-14H,4H2,1-3H3,(H,22,27)(H,23,24). The number of amides is 1. The van der Waals surface area contributed by atoms with Crippen molar-refractivity contribution in [3.05, 3.63) is 54.1 Å². The van der Waals surface area contributed by atoms with E-state index in [9.17, 15) is 4.79 Å². The van der Waals surface area contributed by atoms with Crippen LogP contribution < -0.4 is 5.32 Å². The van der Waals surface area contributed by atoms with Crippen molar-refractivity contribution in [3.63, 3.8) is 0 Å². The summed E-state index contributed by atoms with van der Waals surface area (Å²) in [6, 6.07) is 15.9. The summed E-state index contributed by atoms with van der Waals surface area (Å²) in [4.78, 5) is 17.4. The first-order valence-corrected chi connectivity index (χ1v) is 10.3. The van der Waals surface area contributed by atoms with E-state index in [2.05, 4.69) is 40.4 Å². The molecule has 0 saturated heterocycles. The van der Waals surface area contributed by atoms with E-state index in [4.69, 9.17) is 0 Å². The lowest BCUT2D eigenvalue weighted by atomic mass is 9.97. The Bertz CT molecular complexity index is 1130. The molecule has 2 aromatic carbocycles. The molecule has 0 aliphatic rings. The van der Waals surface area contributed by atoms with E-state index in [1.807, 2.05) is 53.8 Å². The number of anilines is 1. The van der Waals surface area contributed by atoms with Gasteiger partial charge in [0.1, 0.15) is 0 Å². The fourth-order valence-electron chi connectivity index (χ4n) is 3.23. The molecule has 144 valence electrons. The first-order valence-electron chi connectivity index (χ1n) is 9.46. The Morgan fingerprint density at radius 1 is 1.18 bits per heavy atom. The molecule has 2 heterocycles. The van der Waals surface area contributed by atoms with Crippen molar-refractivity contribution in [2.24, 2.45) is 0 Å². The zero-order valence-corrected chi connectivity index (χ0v) is 17.0. The summed E-state index contributed by atoms with van der Waals surface area (Å²) in [5.41, 5.74) is 3.92. The molecule has 0 saturated carbocycles. The summed E-state index contributed by atoms with van der Waals surface area (Å²) in [5.74, 6) is 1.03. The number of nitrogens with zero attached hydrogens (tertiary/aromatic N) is 3. The van der Waals surface area contributed by atoms with Gasteiger partial charge in [0.05, 0.1) is 16.3 Å². The largest absolute Gasteiger partial charge is 0.325 e. The number of aromatic amines is 1. The number of nitrogens with one attached hydrogen (secondary N) is 2. The molecule has 0 bridgehead atoms. The van der Waals surface area contributed by atoms with Gasteiger partial charge in [-0.3, -0.25) is 9.20 Å². The molecule has 4 aromatic rings. The number of aromatic nitrogens is 4. The molecule has 0 radical (unpaired) electrons. The molecule has 1 amide bonds. The van der Waals surface area contributed by atoms with Crippen LogP contribution >= 0.6 is 11.8 Å². The molecule has 28 heavy (non-hydrogen) atoms. The van der Waals surface area contributed by atoms with Gasteiger partial charge < -0.3 is 5.32 Å². The minimum atomic E-state index is -0.308. The Balaban J connectivity index is 1.55. The van der Waals surface area contributed by atoms with Gasteiger partial charge in [0.15, 0.2) is 5.16 Å². The molecule has 0 aliphatic heterocycles. The number of thioether (sulfide) groups is 1. The van der Waals surface area contributed by atoms with Crippen LogP contribution in [0.15, 0.2) is 53.7 Å². The Morgan fingerprint density at radius 2 is 1.93 bits per heavy atom. The van der Waals surface area contributed by atoms with Crippen LogP contribution in [0.4, 0.5) is 5.69 Å². The summed E-state index contributed by atoms with van der Waals surface area (Å²) in [7, 11) is 0. The third-order valence-corrected chi connectivity index (χ3v) is 6.07. The average molecular weight is 394 g/mol. The molecule has 4 rings (SSSR count). The molecule has 2 atom stereocenters. The lowest BCUT2D eigenvalue weighted by molar-refractivity contribution is -0.115. The van der Waals surface area contributed by atoms with E-state index in [0.717, 1.165) is 28.3 Å². The smallest absolute Gasteiger partial charge is 0.237 e. The predicted molar refractivity (Wildman–Crippen MR) is 114 cm³/mol. The predicted octanol–water partition coefficient (Wildman–Crippen LogP) is 4.84. The summed E-state index contributed by atoms with van der Waals surface area (Å²) in [6.45, 7) is 6.22. The van der Waals surface area contributed by atoms with Crippen LogP contribution in [-0.4, -0.2) is 30.7 Å². The minimum absolute atomic E-state index is 0.0404. The van der Waals surface area contributed by atoms with Gasteiger partial charge in [0, 0.05) is 5.69 Å². The molecule has 6 nitrogen and oxygen atoms in total. The molecule has 0 fully saturated rings. The second-order valence-electron chi connectivity index (χ2n) is 6.91. The highest BCUT2D eigenvalue weighted by Crippen LogP contribution is 2.29. The van der Waals surface area contributed by atoms with E-state index >= 15 is 0 Å². The van der Waals surface area contributed by atoms with Gasteiger partial charge in [-0.2, -0.15) is 0 Å². The van der Waals surface area contributed by atoms with Crippen LogP contribution in [0.25, 0.3) is 16.8 Å². The maximum absolute atomic E-state index is 12.8. The van der Waals surface area contributed by atoms with E-state index in [1.54, 1.807) is 0 Å². The summed E-state index contributed by atoms with van der Waals surface area (Å²) < 4.78 is 1.96. The van der Waals surface area contributed by atoms with Crippen LogP contribution in [0.1, 0.15) is 38.7 Å². The number of hydrogen-bond donors (Lipinski definition) is 2. The Labute approximate surface area is 167 Å². The van der Waals surface area contributed by atoms with Gasteiger partial charge in [-0.1, -0.05) is 55.9 Å². The van der Waals surface area contributed by atoms with Gasteiger partial charge in [0.2, 0.25) is 11.7 Å². The number of rotatable bonds is 6. The fourth-order valence-corrected chi connectivity index (χ4v) is 4.10. The highest BCUT2D eigenvalue weighted by molar-refractivity contribution is 8.00. The van der Waals surface area contributed by atoms with Gasteiger partial charge >= 0.3 is 0 Å². The van der Waals surface area contributed by atoms with Crippen LogP contribution in [0.2, 0.25) is 0 Å². The van der Waals surface area contributed by atoms with E-state index in [0.29, 0.717) is 11.7 Å². The zero-order chi connectivity index (χ0) is 19.7. The minimum Gasteiger partial charge on any atom is -0.325 e. The van der Waals surface area contributed by atoms with Crippen molar-refractivity contribution >= 4 is 40.2 Å². The van der Waals surface area contributed by atoms with Gasteiger partial charge in [-0.25, -0.2) is 10.1 Å². The van der Waals surface area contributed by atoms with Crippen molar-refractivity contribution in [1.29, 1.82) is 0 Å². The average Bonchev–Trinajstić information content (AvgIpc) is 3.27. The van der Waals surface area contributed by atoms with E-state index < -0.39 is 0 Å². The monoisotopic (exact) mass is 393 g/mol. The van der Waals surface area contributed by atoms with Crippen molar-refractivity contribution < 1.29 is 4.79 Å². The number of carbonyl (C=O) groups excluding carboxylic acids is 1. The maximum atomic E-state index is 12.8. The lowest BCUT2D eigenvalue weighted by Gasteiger charge is -2.17. The van der Waals surface area contributed by atoms with Crippen LogP contribution in [0.5, 0.6) is 0 Å².